The van der Waals surface area contributed by atoms with Crippen molar-refractivity contribution in [2.24, 2.45) is 0 Å². The predicted octanol–water partition coefficient (Wildman–Crippen LogP) is 0.293. The molecule has 0 spiro atoms. The normalized spacial score (nSPS) is 9.15. The molecule has 0 radical (unpaired) electrons. The molecule has 1 aromatic heterocycles. The van der Waals surface area contributed by atoms with Crippen molar-refractivity contribution in [3.8, 4) is 0 Å². The number of carbonyl (C=O) groups excluding carboxylic acids is 1. The van der Waals surface area contributed by atoms with E-state index in [1.807, 2.05) is 0 Å². The number of ether oxygens (including phenoxy) is 1. The molecule has 0 bridgehead atoms. The summed E-state index contributed by atoms with van der Waals surface area (Å²) in [6.45, 7) is 1.73. The molecule has 1 rings (SSSR count). The third-order valence-corrected chi connectivity index (χ3v) is 3.27. The van der Waals surface area contributed by atoms with Gasteiger partial charge in [-0.15, -0.1) is 0 Å². The van der Waals surface area contributed by atoms with E-state index in [2.05, 4.69) is 20.7 Å². The molecule has 0 saturated heterocycles. The summed E-state index contributed by atoms with van der Waals surface area (Å²) in [5.74, 6) is -0.394. The molecule has 13 heavy (non-hydrogen) atoms. The van der Waals surface area contributed by atoms with Gasteiger partial charge in [-0.2, -0.15) is 11.3 Å². The Kier molecular flexibility index (Phi) is 6.55. The first kappa shape index (κ1) is 14.3. The second-order valence-electron chi connectivity index (χ2n) is 2.20. The van der Waals surface area contributed by atoms with Crippen LogP contribution in [0.1, 0.15) is 15.9 Å². The first-order chi connectivity index (χ1) is 5.57. The van der Waals surface area contributed by atoms with Crippen LogP contribution in [0.5, 0.6) is 0 Å². The summed E-state index contributed by atoms with van der Waals surface area (Å²) >= 11 is 4.43. The van der Waals surface area contributed by atoms with E-state index in [9.17, 15) is 4.79 Å². The molecule has 6 heteroatoms. The maximum atomic E-state index is 11.1. The quantitative estimate of drug-likeness (QED) is 0.693. The summed E-state index contributed by atoms with van der Waals surface area (Å²) in [5.41, 5.74) is 8.56. The van der Waals surface area contributed by atoms with Crippen LogP contribution in [0.2, 0.25) is 0 Å². The molecule has 0 aliphatic rings. The summed E-state index contributed by atoms with van der Waals surface area (Å²) in [6.07, 6.45) is 0. The van der Waals surface area contributed by atoms with Crippen molar-refractivity contribution in [3.63, 3.8) is 0 Å². The fourth-order valence-electron chi connectivity index (χ4n) is 0.814. The number of halogens is 1. The van der Waals surface area contributed by atoms with Crippen LogP contribution in [-0.4, -0.2) is 13.1 Å². The van der Waals surface area contributed by atoms with E-state index in [1.165, 1.54) is 18.4 Å². The van der Waals surface area contributed by atoms with E-state index in [0.717, 1.165) is 0 Å². The average molecular weight is 335 g/mol. The van der Waals surface area contributed by atoms with Gasteiger partial charge >= 0.3 is 64.2 Å². The minimum Gasteiger partial charge on any atom is -0.690 e. The van der Waals surface area contributed by atoms with Crippen molar-refractivity contribution in [3.05, 3.63) is 20.6 Å². The van der Waals surface area contributed by atoms with Gasteiger partial charge in [0.25, 0.3) is 0 Å². The number of thiophene rings is 1. The molecule has 3 nitrogen and oxygen atoms in total. The third kappa shape index (κ3) is 3.10. The second-order valence-corrected chi connectivity index (χ2v) is 4.53. The van der Waals surface area contributed by atoms with E-state index in [4.69, 9.17) is 5.73 Å². The molecule has 0 aliphatic heterocycles. The molecule has 0 amide bonds. The van der Waals surface area contributed by atoms with Crippen LogP contribution in [0.3, 0.4) is 0 Å². The summed E-state index contributed by atoms with van der Waals surface area (Å²) in [4.78, 5) is 11.1. The summed E-state index contributed by atoms with van der Waals surface area (Å²) in [6, 6.07) is 0. The van der Waals surface area contributed by atoms with E-state index < -0.39 is 5.97 Å². The number of rotatable bonds is 1. The Morgan fingerprint density at radius 2 is 2.15 bits per heavy atom. The average Bonchev–Trinajstić information content (AvgIpc) is 2.26. The van der Waals surface area contributed by atoms with E-state index in [-0.39, 0.29) is 58.2 Å². The molecular weight excluding hydrogens is 328 g/mol. The van der Waals surface area contributed by atoms with Gasteiger partial charge in [0.15, 0.2) is 0 Å². The van der Waals surface area contributed by atoms with Gasteiger partial charge in [-0.3, -0.25) is 0 Å². The molecule has 0 atom stereocenters. The first-order valence-corrected chi connectivity index (χ1v) is 4.77. The number of hydrogen-bond acceptors (Lipinski definition) is 3. The van der Waals surface area contributed by atoms with Crippen LogP contribution >= 0.6 is 27.3 Å². The third-order valence-electron chi connectivity index (χ3n) is 1.49. The fourth-order valence-corrected chi connectivity index (χ4v) is 2.53. The zero-order chi connectivity index (χ0) is 9.30. The maximum Gasteiger partial charge on any atom is 1.00 e. The SMILES string of the molecule is COC(=O)c1c(Br)sc([NH-])c1C.[Rb+]. The summed E-state index contributed by atoms with van der Waals surface area (Å²) < 4.78 is 5.23. The maximum absolute atomic E-state index is 11.1. The van der Waals surface area contributed by atoms with Gasteiger partial charge in [0.05, 0.1) is 16.5 Å². The Morgan fingerprint density at radius 3 is 2.46 bits per heavy atom. The number of esters is 1. The van der Waals surface area contributed by atoms with Gasteiger partial charge in [-0.05, 0) is 28.4 Å². The molecule has 0 unspecified atom stereocenters. The van der Waals surface area contributed by atoms with Crippen LogP contribution in [0, 0.1) is 6.92 Å². The smallest absolute Gasteiger partial charge is 0.690 e. The minimum absolute atomic E-state index is 0. The number of nitrogens with one attached hydrogen (secondary N) is 1. The Balaban J connectivity index is 0.00000144. The Morgan fingerprint density at radius 1 is 1.62 bits per heavy atom. The number of carbonyl (C=O) groups is 1. The van der Waals surface area contributed by atoms with Crippen LogP contribution < -0.4 is 58.2 Å². The Hall–Kier alpha value is 1.26. The van der Waals surface area contributed by atoms with Crippen molar-refractivity contribution in [2.75, 3.05) is 7.11 Å². The monoisotopic (exact) mass is 333 g/mol. The van der Waals surface area contributed by atoms with Gasteiger partial charge in [0.2, 0.25) is 0 Å². The standard InChI is InChI=1S/C7H7BrNO2S.Rb/c1-3-4(7(10)11-2)5(8)12-6(3)9;/h9H,1-2H3;/q-1;+1. The molecule has 1 N–H and O–H groups in total. The second kappa shape index (κ2) is 5.97. The van der Waals surface area contributed by atoms with Gasteiger partial charge < -0.3 is 10.5 Å². The van der Waals surface area contributed by atoms with Crippen molar-refractivity contribution in [1.82, 2.24) is 0 Å². The molecule has 66 valence electrons. The van der Waals surface area contributed by atoms with Crippen LogP contribution in [-0.2, 0) is 4.74 Å². The van der Waals surface area contributed by atoms with E-state index in [1.54, 1.807) is 6.92 Å². The molecule has 0 saturated carbocycles. The molecule has 0 fully saturated rings. The van der Waals surface area contributed by atoms with Gasteiger partial charge in [-0.1, -0.05) is 5.00 Å². The molecule has 1 heterocycles. The summed E-state index contributed by atoms with van der Waals surface area (Å²) in [5, 5.41) is 0.391. The van der Waals surface area contributed by atoms with Crippen LogP contribution in [0.15, 0.2) is 3.79 Å². The van der Waals surface area contributed by atoms with E-state index >= 15 is 0 Å². The van der Waals surface area contributed by atoms with Crippen LogP contribution in [0.4, 0.5) is 5.00 Å². The van der Waals surface area contributed by atoms with Gasteiger partial charge in [0.1, 0.15) is 0 Å². The molecule has 1 aromatic rings. The first-order valence-electron chi connectivity index (χ1n) is 3.16. The molecular formula is C7H7BrNO2RbS. The fraction of sp³-hybridized carbons (Fsp3) is 0.286. The van der Waals surface area contributed by atoms with Crippen molar-refractivity contribution in [1.29, 1.82) is 0 Å². The molecule has 0 aliphatic carbocycles. The van der Waals surface area contributed by atoms with Crippen molar-refractivity contribution < 1.29 is 67.7 Å². The van der Waals surface area contributed by atoms with Crippen LogP contribution in [0.25, 0.3) is 5.73 Å². The Labute approximate surface area is 138 Å². The predicted molar refractivity (Wildman–Crippen MR) is 52.1 cm³/mol. The van der Waals surface area contributed by atoms with Crippen molar-refractivity contribution in [2.45, 2.75) is 6.92 Å². The largest absolute Gasteiger partial charge is 1.00 e. The minimum atomic E-state index is -0.394. The molecule has 0 aromatic carbocycles. The zero-order valence-corrected chi connectivity index (χ0v) is 14.9. The number of methoxy groups -OCH3 is 1. The van der Waals surface area contributed by atoms with E-state index in [0.29, 0.717) is 19.9 Å². The van der Waals surface area contributed by atoms with Gasteiger partial charge in [-0.25, -0.2) is 4.79 Å². The van der Waals surface area contributed by atoms with Crippen molar-refractivity contribution >= 4 is 38.2 Å². The topological polar surface area (TPSA) is 50.1 Å². The number of hydrogen-bond donors (Lipinski definition) is 0. The Bertz CT molecular complexity index is 327. The zero-order valence-electron chi connectivity index (χ0n) is 7.60. The summed E-state index contributed by atoms with van der Waals surface area (Å²) in [7, 11) is 1.33. The van der Waals surface area contributed by atoms with Gasteiger partial charge in [0, 0.05) is 0 Å².